The van der Waals surface area contributed by atoms with Gasteiger partial charge in [-0.15, -0.1) is 0 Å². The number of benzene rings is 1. The normalized spacial score (nSPS) is 13.6. The van der Waals surface area contributed by atoms with Crippen LogP contribution in [0.3, 0.4) is 0 Å². The summed E-state index contributed by atoms with van der Waals surface area (Å²) in [7, 11) is 1.24. The highest BCUT2D eigenvalue weighted by molar-refractivity contribution is 9.10. The van der Waals surface area contributed by atoms with Crippen LogP contribution in [0, 0.1) is 0 Å². The van der Waals surface area contributed by atoms with Gasteiger partial charge in [-0.2, -0.15) is 13.2 Å². The largest absolute Gasteiger partial charge is 0.504 e. The van der Waals surface area contributed by atoms with Crippen LogP contribution in [0.2, 0.25) is 0 Å². The standard InChI is InChI=1S/C9H9BrF3NO2/c1-16-6-3-4(10)2-5(7(6)15)8(14)9(11,12)13/h2-3,8,15H,14H2,1H3/t8-/m1/s1. The molecule has 3 N–H and O–H groups in total. The molecule has 7 heteroatoms. The molecular weight excluding hydrogens is 291 g/mol. The molecule has 0 bridgehead atoms. The van der Waals surface area contributed by atoms with Crippen molar-refractivity contribution in [1.29, 1.82) is 0 Å². The Morgan fingerprint density at radius 3 is 2.44 bits per heavy atom. The third-order valence-electron chi connectivity index (χ3n) is 1.98. The Bertz CT molecular complexity index is 395. The predicted octanol–water partition coefficient (Wildman–Crippen LogP) is 2.73. The van der Waals surface area contributed by atoms with Crippen molar-refractivity contribution < 1.29 is 23.0 Å². The van der Waals surface area contributed by atoms with Gasteiger partial charge < -0.3 is 15.6 Å². The second-order valence-corrected chi connectivity index (χ2v) is 3.98. The van der Waals surface area contributed by atoms with E-state index in [-0.39, 0.29) is 5.75 Å². The summed E-state index contributed by atoms with van der Waals surface area (Å²) in [6.45, 7) is 0. The molecular formula is C9H9BrF3NO2. The first-order chi connectivity index (χ1) is 7.27. The summed E-state index contributed by atoms with van der Waals surface area (Å²) in [6.07, 6.45) is -4.62. The fourth-order valence-corrected chi connectivity index (χ4v) is 1.62. The number of halogens is 4. The van der Waals surface area contributed by atoms with Crippen molar-refractivity contribution in [3.8, 4) is 11.5 Å². The number of ether oxygens (including phenoxy) is 1. The van der Waals surface area contributed by atoms with Crippen LogP contribution in [0.4, 0.5) is 13.2 Å². The lowest BCUT2D eigenvalue weighted by Gasteiger charge is -2.18. The molecule has 0 aromatic heterocycles. The number of phenolic OH excluding ortho intramolecular Hbond substituents is 1. The summed E-state index contributed by atoms with van der Waals surface area (Å²) in [5.41, 5.74) is 4.57. The molecule has 0 fully saturated rings. The van der Waals surface area contributed by atoms with E-state index in [4.69, 9.17) is 10.5 Å². The zero-order chi connectivity index (χ0) is 12.5. The maximum Gasteiger partial charge on any atom is 0.407 e. The Balaban J connectivity index is 3.28. The highest BCUT2D eigenvalue weighted by Crippen LogP contribution is 2.41. The minimum Gasteiger partial charge on any atom is -0.504 e. The third-order valence-corrected chi connectivity index (χ3v) is 2.43. The lowest BCUT2D eigenvalue weighted by molar-refractivity contribution is -0.149. The number of hydrogen-bond donors (Lipinski definition) is 2. The molecule has 0 aliphatic heterocycles. The smallest absolute Gasteiger partial charge is 0.407 e. The first-order valence-electron chi connectivity index (χ1n) is 4.16. The first kappa shape index (κ1) is 13.1. The summed E-state index contributed by atoms with van der Waals surface area (Å²) in [5.74, 6) is -0.667. The van der Waals surface area contributed by atoms with Crippen molar-refractivity contribution in [3.63, 3.8) is 0 Å². The summed E-state index contributed by atoms with van der Waals surface area (Å²) < 4.78 is 42.2. The first-order valence-corrected chi connectivity index (χ1v) is 4.95. The molecule has 0 amide bonds. The summed E-state index contributed by atoms with van der Waals surface area (Å²) >= 11 is 3.01. The number of alkyl halides is 3. The van der Waals surface area contributed by atoms with Crippen LogP contribution >= 0.6 is 15.9 Å². The molecule has 16 heavy (non-hydrogen) atoms. The monoisotopic (exact) mass is 299 g/mol. The van der Waals surface area contributed by atoms with Gasteiger partial charge in [0.2, 0.25) is 0 Å². The number of nitrogens with two attached hydrogens (primary N) is 1. The number of hydrogen-bond acceptors (Lipinski definition) is 3. The van der Waals surface area contributed by atoms with Gasteiger partial charge >= 0.3 is 6.18 Å². The highest BCUT2D eigenvalue weighted by atomic mass is 79.9. The van der Waals surface area contributed by atoms with Crippen LogP contribution in [-0.2, 0) is 0 Å². The average Bonchev–Trinajstić information content (AvgIpc) is 2.18. The van der Waals surface area contributed by atoms with Crippen LogP contribution in [0.25, 0.3) is 0 Å². The molecule has 1 aromatic rings. The maximum absolute atomic E-state index is 12.4. The van der Waals surface area contributed by atoms with Crippen LogP contribution in [0.15, 0.2) is 16.6 Å². The van der Waals surface area contributed by atoms with E-state index in [9.17, 15) is 18.3 Å². The van der Waals surface area contributed by atoms with Gasteiger partial charge in [-0.05, 0) is 12.1 Å². The molecule has 1 rings (SSSR count). The van der Waals surface area contributed by atoms with Crippen LogP contribution in [-0.4, -0.2) is 18.4 Å². The van der Waals surface area contributed by atoms with E-state index in [1.165, 1.54) is 13.2 Å². The van der Waals surface area contributed by atoms with E-state index >= 15 is 0 Å². The van der Waals surface area contributed by atoms with Crippen LogP contribution in [0.1, 0.15) is 11.6 Å². The van der Waals surface area contributed by atoms with E-state index < -0.39 is 23.5 Å². The zero-order valence-electron chi connectivity index (χ0n) is 8.18. The van der Waals surface area contributed by atoms with E-state index in [2.05, 4.69) is 15.9 Å². The number of rotatable bonds is 2. The average molecular weight is 300 g/mol. The van der Waals surface area contributed by atoms with Gasteiger partial charge in [0.05, 0.1) is 7.11 Å². The number of methoxy groups -OCH3 is 1. The van der Waals surface area contributed by atoms with Gasteiger partial charge in [0.15, 0.2) is 11.5 Å². The number of aromatic hydroxyl groups is 1. The Morgan fingerprint density at radius 1 is 1.44 bits per heavy atom. The minimum absolute atomic E-state index is 0.0657. The van der Waals surface area contributed by atoms with Crippen molar-refractivity contribution in [2.45, 2.75) is 12.2 Å². The summed E-state index contributed by atoms with van der Waals surface area (Å²) in [6, 6.07) is 0.205. The van der Waals surface area contributed by atoms with Crippen molar-refractivity contribution in [3.05, 3.63) is 22.2 Å². The Morgan fingerprint density at radius 2 is 2.00 bits per heavy atom. The SMILES string of the molecule is COc1cc(Br)cc([C@@H](N)C(F)(F)F)c1O. The topological polar surface area (TPSA) is 55.5 Å². The molecule has 90 valence electrons. The minimum atomic E-state index is -4.62. The quantitative estimate of drug-likeness (QED) is 0.883. The molecule has 0 aliphatic rings. The second-order valence-electron chi connectivity index (χ2n) is 3.07. The van der Waals surface area contributed by atoms with Gasteiger partial charge in [0.25, 0.3) is 0 Å². The van der Waals surface area contributed by atoms with Crippen molar-refractivity contribution in [2.24, 2.45) is 5.73 Å². The molecule has 0 unspecified atom stereocenters. The van der Waals surface area contributed by atoms with Gasteiger partial charge in [-0.25, -0.2) is 0 Å². The van der Waals surface area contributed by atoms with Crippen molar-refractivity contribution in [2.75, 3.05) is 7.11 Å². The lowest BCUT2D eigenvalue weighted by Crippen LogP contribution is -2.28. The second kappa shape index (κ2) is 4.50. The number of phenols is 1. The molecule has 0 radical (unpaired) electrons. The molecule has 0 saturated carbocycles. The molecule has 0 heterocycles. The molecule has 3 nitrogen and oxygen atoms in total. The molecule has 0 spiro atoms. The van der Waals surface area contributed by atoms with Gasteiger partial charge in [0, 0.05) is 10.0 Å². The van der Waals surface area contributed by atoms with Gasteiger partial charge in [0.1, 0.15) is 6.04 Å². The van der Waals surface area contributed by atoms with Gasteiger partial charge in [-0.3, -0.25) is 0 Å². The lowest BCUT2D eigenvalue weighted by atomic mass is 10.1. The van der Waals surface area contributed by atoms with Crippen LogP contribution in [0.5, 0.6) is 11.5 Å². The fourth-order valence-electron chi connectivity index (χ4n) is 1.16. The van der Waals surface area contributed by atoms with Crippen molar-refractivity contribution >= 4 is 15.9 Å². The molecule has 0 saturated heterocycles. The van der Waals surface area contributed by atoms with E-state index in [1.54, 1.807) is 0 Å². The highest BCUT2D eigenvalue weighted by Gasteiger charge is 2.40. The fraction of sp³-hybridized carbons (Fsp3) is 0.333. The molecule has 1 atom stereocenters. The summed E-state index contributed by atoms with van der Waals surface area (Å²) in [5, 5.41) is 9.52. The summed E-state index contributed by atoms with van der Waals surface area (Å²) in [4.78, 5) is 0. The van der Waals surface area contributed by atoms with Crippen LogP contribution < -0.4 is 10.5 Å². The van der Waals surface area contributed by atoms with E-state index in [1.807, 2.05) is 0 Å². The van der Waals surface area contributed by atoms with E-state index in [0.717, 1.165) is 6.07 Å². The van der Waals surface area contributed by atoms with Gasteiger partial charge in [-0.1, -0.05) is 15.9 Å². The maximum atomic E-state index is 12.4. The Kier molecular flexibility index (Phi) is 3.69. The van der Waals surface area contributed by atoms with Crippen molar-refractivity contribution in [1.82, 2.24) is 0 Å². The molecule has 1 aromatic carbocycles. The third kappa shape index (κ3) is 2.59. The molecule has 0 aliphatic carbocycles. The Labute approximate surface area is 98.1 Å². The Hall–Kier alpha value is -0.950. The van der Waals surface area contributed by atoms with E-state index in [0.29, 0.717) is 4.47 Å². The predicted molar refractivity (Wildman–Crippen MR) is 55.3 cm³/mol. The zero-order valence-corrected chi connectivity index (χ0v) is 9.76.